The summed E-state index contributed by atoms with van der Waals surface area (Å²) in [6, 6.07) is 4.44. The Hall–Kier alpha value is -2.90. The molecule has 1 fully saturated rings. The second-order valence-corrected chi connectivity index (χ2v) is 6.83. The van der Waals surface area contributed by atoms with Crippen molar-refractivity contribution in [3.63, 3.8) is 0 Å². The van der Waals surface area contributed by atoms with Crippen LogP contribution in [0.1, 0.15) is 37.7 Å². The van der Waals surface area contributed by atoms with Crippen LogP contribution in [-0.4, -0.2) is 44.4 Å². The number of carboxylic acids is 1. The lowest BCUT2D eigenvalue weighted by Crippen LogP contribution is -2.56. The standard InChI is InChI=1S/C18H21N3O5/c1-20(18(17(23)24)7-3-2-4-8-18)16(22)9-12-11-19-15-6-5-13(21(25)26)10-14(12)15/h5-6,10-11,19H,2-4,7-9H2,1H3,(H,23,24). The summed E-state index contributed by atoms with van der Waals surface area (Å²) in [5, 5.41) is 21.3. The molecule has 1 amide bonds. The molecule has 1 aliphatic rings. The molecule has 8 nitrogen and oxygen atoms in total. The zero-order valence-electron chi connectivity index (χ0n) is 14.5. The Labute approximate surface area is 149 Å². The summed E-state index contributed by atoms with van der Waals surface area (Å²) < 4.78 is 0. The van der Waals surface area contributed by atoms with Gasteiger partial charge in [-0.1, -0.05) is 19.3 Å². The number of nitro benzene ring substituents is 1. The molecule has 1 aromatic heterocycles. The number of H-pyrrole nitrogens is 1. The molecule has 0 saturated heterocycles. The lowest BCUT2D eigenvalue weighted by atomic mass is 9.80. The number of nitrogens with one attached hydrogen (secondary N) is 1. The third kappa shape index (κ3) is 3.02. The van der Waals surface area contributed by atoms with E-state index in [-0.39, 0.29) is 18.0 Å². The first-order chi connectivity index (χ1) is 12.3. The van der Waals surface area contributed by atoms with Gasteiger partial charge in [-0.25, -0.2) is 4.79 Å². The summed E-state index contributed by atoms with van der Waals surface area (Å²) in [6.45, 7) is 0. The molecule has 2 aromatic rings. The van der Waals surface area contributed by atoms with Gasteiger partial charge < -0.3 is 15.0 Å². The first kappa shape index (κ1) is 17.9. The van der Waals surface area contributed by atoms with Crippen LogP contribution < -0.4 is 0 Å². The van der Waals surface area contributed by atoms with Gasteiger partial charge in [0.15, 0.2) is 0 Å². The van der Waals surface area contributed by atoms with Crippen molar-refractivity contribution < 1.29 is 19.6 Å². The number of likely N-dealkylation sites (N-methyl/N-ethyl adjacent to an activating group) is 1. The van der Waals surface area contributed by atoms with Crippen LogP contribution in [0, 0.1) is 10.1 Å². The van der Waals surface area contributed by atoms with Gasteiger partial charge in [-0.2, -0.15) is 0 Å². The molecule has 138 valence electrons. The van der Waals surface area contributed by atoms with E-state index in [2.05, 4.69) is 4.98 Å². The predicted molar refractivity (Wildman–Crippen MR) is 94.9 cm³/mol. The molecule has 0 aliphatic heterocycles. The van der Waals surface area contributed by atoms with Crippen molar-refractivity contribution in [3.8, 4) is 0 Å². The predicted octanol–water partition coefficient (Wildman–Crippen LogP) is 2.86. The smallest absolute Gasteiger partial charge is 0.329 e. The molecule has 0 spiro atoms. The summed E-state index contributed by atoms with van der Waals surface area (Å²) >= 11 is 0. The van der Waals surface area contributed by atoms with Crippen molar-refractivity contribution in [2.75, 3.05) is 7.05 Å². The first-order valence-corrected chi connectivity index (χ1v) is 8.59. The molecular formula is C18H21N3O5. The van der Waals surface area contributed by atoms with Crippen LogP contribution >= 0.6 is 0 Å². The third-order valence-electron chi connectivity index (χ3n) is 5.40. The van der Waals surface area contributed by atoms with E-state index in [1.54, 1.807) is 19.3 Å². The van der Waals surface area contributed by atoms with Gasteiger partial charge in [0, 0.05) is 36.3 Å². The summed E-state index contributed by atoms with van der Waals surface area (Å²) in [6.07, 6.45) is 5.07. The Morgan fingerprint density at radius 3 is 2.62 bits per heavy atom. The Bertz CT molecular complexity index is 867. The number of nitrogens with zero attached hydrogens (tertiary/aromatic N) is 2. The topological polar surface area (TPSA) is 117 Å². The molecule has 26 heavy (non-hydrogen) atoms. The van der Waals surface area contributed by atoms with E-state index >= 15 is 0 Å². The molecule has 1 saturated carbocycles. The molecule has 1 aromatic carbocycles. The van der Waals surface area contributed by atoms with E-state index in [9.17, 15) is 24.8 Å². The van der Waals surface area contributed by atoms with Crippen LogP contribution in [0.5, 0.6) is 0 Å². The Kier molecular flexibility index (Phi) is 4.67. The molecule has 1 aliphatic carbocycles. The maximum absolute atomic E-state index is 12.8. The number of hydrogen-bond donors (Lipinski definition) is 2. The van der Waals surface area contributed by atoms with E-state index < -0.39 is 16.4 Å². The minimum atomic E-state index is -1.16. The number of aromatic amines is 1. The summed E-state index contributed by atoms with van der Waals surface area (Å²) in [5.74, 6) is -1.27. The molecule has 0 bridgehead atoms. The highest BCUT2D eigenvalue weighted by Gasteiger charge is 2.45. The van der Waals surface area contributed by atoms with E-state index in [1.165, 1.54) is 17.0 Å². The number of rotatable bonds is 5. The van der Waals surface area contributed by atoms with E-state index in [1.807, 2.05) is 0 Å². The number of fused-ring (bicyclic) bond motifs is 1. The van der Waals surface area contributed by atoms with Crippen molar-refractivity contribution in [2.45, 2.75) is 44.1 Å². The minimum Gasteiger partial charge on any atom is -0.479 e. The average molecular weight is 359 g/mol. The second kappa shape index (κ2) is 6.78. The molecule has 0 unspecified atom stereocenters. The highest BCUT2D eigenvalue weighted by Crippen LogP contribution is 2.34. The van der Waals surface area contributed by atoms with Gasteiger partial charge in [-0.15, -0.1) is 0 Å². The van der Waals surface area contributed by atoms with E-state index in [0.717, 1.165) is 19.3 Å². The SMILES string of the molecule is CN(C(=O)Cc1c[nH]c2ccc([N+](=O)[O-])cc12)C1(C(=O)O)CCCCC1. The van der Waals surface area contributed by atoms with Crippen LogP contribution in [0.2, 0.25) is 0 Å². The molecule has 3 rings (SSSR count). The Balaban J connectivity index is 1.87. The van der Waals surface area contributed by atoms with Crippen molar-refractivity contribution in [2.24, 2.45) is 0 Å². The summed E-state index contributed by atoms with van der Waals surface area (Å²) in [5.41, 5.74) is 0.116. The number of benzene rings is 1. The second-order valence-electron chi connectivity index (χ2n) is 6.83. The largest absolute Gasteiger partial charge is 0.479 e. The number of amides is 1. The van der Waals surface area contributed by atoms with Crippen molar-refractivity contribution in [1.29, 1.82) is 0 Å². The fourth-order valence-corrected chi connectivity index (χ4v) is 3.78. The molecule has 0 atom stereocenters. The number of aliphatic carboxylic acids is 1. The zero-order chi connectivity index (χ0) is 18.9. The van der Waals surface area contributed by atoms with Gasteiger partial charge in [0.25, 0.3) is 5.69 Å². The Morgan fingerprint density at radius 1 is 1.31 bits per heavy atom. The summed E-state index contributed by atoms with van der Waals surface area (Å²) in [4.78, 5) is 39.5. The van der Waals surface area contributed by atoms with Gasteiger partial charge in [-0.3, -0.25) is 14.9 Å². The highest BCUT2D eigenvalue weighted by molar-refractivity contribution is 5.92. The molecule has 2 N–H and O–H groups in total. The maximum Gasteiger partial charge on any atom is 0.329 e. The minimum absolute atomic E-state index is 0.00724. The van der Waals surface area contributed by atoms with E-state index in [0.29, 0.717) is 29.3 Å². The maximum atomic E-state index is 12.8. The molecule has 1 heterocycles. The molecule has 8 heteroatoms. The number of non-ortho nitro benzene ring substituents is 1. The number of aromatic nitrogens is 1. The van der Waals surface area contributed by atoms with Crippen LogP contribution in [0.4, 0.5) is 5.69 Å². The Morgan fingerprint density at radius 2 is 2.00 bits per heavy atom. The zero-order valence-corrected chi connectivity index (χ0v) is 14.5. The average Bonchev–Trinajstić information content (AvgIpc) is 3.03. The fourth-order valence-electron chi connectivity index (χ4n) is 3.78. The van der Waals surface area contributed by atoms with Gasteiger partial charge in [0.2, 0.25) is 5.91 Å². The summed E-state index contributed by atoms with van der Waals surface area (Å²) in [7, 11) is 1.54. The third-order valence-corrected chi connectivity index (χ3v) is 5.40. The lowest BCUT2D eigenvalue weighted by Gasteiger charge is -2.41. The normalized spacial score (nSPS) is 16.3. The quantitative estimate of drug-likeness (QED) is 0.629. The fraction of sp³-hybridized carbons (Fsp3) is 0.444. The van der Waals surface area contributed by atoms with Gasteiger partial charge in [0.1, 0.15) is 5.54 Å². The van der Waals surface area contributed by atoms with Gasteiger partial charge in [-0.05, 0) is 24.5 Å². The monoisotopic (exact) mass is 359 g/mol. The van der Waals surface area contributed by atoms with Crippen molar-refractivity contribution >= 4 is 28.5 Å². The van der Waals surface area contributed by atoms with Gasteiger partial charge in [0.05, 0.1) is 11.3 Å². The van der Waals surface area contributed by atoms with Crippen LogP contribution in [-0.2, 0) is 16.0 Å². The van der Waals surface area contributed by atoms with Crippen LogP contribution in [0.3, 0.4) is 0 Å². The number of nitro groups is 1. The number of hydrogen-bond acceptors (Lipinski definition) is 4. The lowest BCUT2D eigenvalue weighted by molar-refractivity contribution is -0.384. The van der Waals surface area contributed by atoms with Gasteiger partial charge >= 0.3 is 5.97 Å². The van der Waals surface area contributed by atoms with E-state index in [4.69, 9.17) is 0 Å². The first-order valence-electron chi connectivity index (χ1n) is 8.59. The van der Waals surface area contributed by atoms with Crippen molar-refractivity contribution in [1.82, 2.24) is 9.88 Å². The number of carbonyl (C=O) groups is 2. The number of carboxylic acid groups (broad SMARTS) is 1. The molecule has 0 radical (unpaired) electrons. The van der Waals surface area contributed by atoms with Crippen molar-refractivity contribution in [3.05, 3.63) is 40.1 Å². The number of carbonyl (C=O) groups excluding carboxylic acids is 1. The highest BCUT2D eigenvalue weighted by atomic mass is 16.6. The molecular weight excluding hydrogens is 338 g/mol. The van der Waals surface area contributed by atoms with Crippen LogP contribution in [0.25, 0.3) is 10.9 Å². The van der Waals surface area contributed by atoms with Crippen LogP contribution in [0.15, 0.2) is 24.4 Å².